The molecule has 0 aliphatic heterocycles. The maximum Gasteiger partial charge on any atom is 0.305 e. The topological polar surface area (TPSA) is 120 Å². The van der Waals surface area contributed by atoms with E-state index in [1.165, 1.54) is 6.26 Å². The van der Waals surface area contributed by atoms with Crippen molar-refractivity contribution in [3.05, 3.63) is 12.8 Å². The molecule has 0 atom stereocenters. The van der Waals surface area contributed by atoms with Gasteiger partial charge in [-0.2, -0.15) is 0 Å². The first-order valence-electron chi connectivity index (χ1n) is 10.8. The van der Waals surface area contributed by atoms with Gasteiger partial charge in [-0.25, -0.2) is 0 Å². The lowest BCUT2D eigenvalue weighted by molar-refractivity contribution is -0.138. The molecule has 0 aromatic rings. The second kappa shape index (κ2) is 27.7. The van der Waals surface area contributed by atoms with Crippen LogP contribution in [0.5, 0.6) is 0 Å². The number of rotatable bonds is 28. The zero-order valence-corrected chi connectivity index (χ0v) is 19.0. The van der Waals surface area contributed by atoms with Gasteiger partial charge in [0.2, 0.25) is 0 Å². The second-order valence-electron chi connectivity index (χ2n) is 6.08. The number of carboxylic acid groups (broad SMARTS) is 1. The summed E-state index contributed by atoms with van der Waals surface area (Å²) in [5.41, 5.74) is 0. The van der Waals surface area contributed by atoms with Gasteiger partial charge in [0.05, 0.1) is 118 Å². The first kappa shape index (κ1) is 30.7. The van der Waals surface area contributed by atoms with E-state index in [1.807, 2.05) is 0 Å². The van der Waals surface area contributed by atoms with Crippen molar-refractivity contribution in [1.82, 2.24) is 0 Å². The molecule has 11 nitrogen and oxygen atoms in total. The van der Waals surface area contributed by atoms with E-state index in [1.54, 1.807) is 0 Å². The summed E-state index contributed by atoms with van der Waals surface area (Å²) in [6.07, 6.45) is 1.39. The zero-order valence-electron chi connectivity index (χ0n) is 19.0. The average Bonchev–Trinajstić information content (AvgIpc) is 2.78. The predicted molar refractivity (Wildman–Crippen MR) is 115 cm³/mol. The van der Waals surface area contributed by atoms with Crippen LogP contribution in [-0.2, 0) is 47.4 Å². The monoisotopic (exact) mass is 468 g/mol. The maximum absolute atomic E-state index is 10.3. The third-order valence-corrected chi connectivity index (χ3v) is 3.53. The van der Waals surface area contributed by atoms with Crippen molar-refractivity contribution in [2.75, 3.05) is 112 Å². The van der Waals surface area contributed by atoms with Crippen molar-refractivity contribution in [2.45, 2.75) is 6.42 Å². The summed E-state index contributed by atoms with van der Waals surface area (Å²) in [5.74, 6) is -0.871. The number of aliphatic carboxylic acids is 1. The summed E-state index contributed by atoms with van der Waals surface area (Å²) >= 11 is 0. The van der Waals surface area contributed by atoms with Gasteiger partial charge in [0.25, 0.3) is 0 Å². The van der Waals surface area contributed by atoms with E-state index in [9.17, 15) is 4.79 Å². The van der Waals surface area contributed by atoms with Gasteiger partial charge in [-0.05, 0) is 0 Å². The van der Waals surface area contributed by atoms with E-state index in [2.05, 4.69) is 6.58 Å². The van der Waals surface area contributed by atoms with Gasteiger partial charge < -0.3 is 47.7 Å². The van der Waals surface area contributed by atoms with Crippen LogP contribution in [0.2, 0.25) is 0 Å². The lowest BCUT2D eigenvalue weighted by atomic mass is 10.5. The Bertz CT molecular complexity index is 396. The molecule has 0 radical (unpaired) electrons. The highest BCUT2D eigenvalue weighted by atomic mass is 16.6. The first-order chi connectivity index (χ1) is 15.8. The molecule has 0 rings (SSSR count). The standard InChI is InChI=1S/C21H40O11/c1-2-24-5-6-26-9-10-28-13-14-30-17-18-32-20-19-31-16-15-29-12-11-27-8-7-25-4-3-21(22)23/h2H,1,3-20H2,(H,22,23). The molecule has 0 unspecified atom stereocenters. The SMILES string of the molecule is C=COCCOCCOCCOCCOCCOCCOCCOCCOCCC(=O)O. The molecule has 0 bridgehead atoms. The fraction of sp³-hybridized carbons (Fsp3) is 0.857. The Labute approximate surface area is 190 Å². The van der Waals surface area contributed by atoms with Gasteiger partial charge in [0.15, 0.2) is 0 Å². The third kappa shape index (κ3) is 28.7. The van der Waals surface area contributed by atoms with Gasteiger partial charge in [-0.1, -0.05) is 6.58 Å². The number of hydrogen-bond donors (Lipinski definition) is 1. The summed E-state index contributed by atoms with van der Waals surface area (Å²) in [5, 5.41) is 8.45. The molecule has 11 heteroatoms. The van der Waals surface area contributed by atoms with Gasteiger partial charge in [-0.3, -0.25) is 4.79 Å². The van der Waals surface area contributed by atoms with Crippen LogP contribution in [0.3, 0.4) is 0 Å². The number of carbonyl (C=O) groups is 1. The summed E-state index contributed by atoms with van der Waals surface area (Å²) < 4.78 is 47.5. The van der Waals surface area contributed by atoms with E-state index in [4.69, 9.17) is 47.7 Å². The highest BCUT2D eigenvalue weighted by molar-refractivity contribution is 5.66. The van der Waals surface area contributed by atoms with Crippen molar-refractivity contribution in [3.8, 4) is 0 Å². The molecule has 0 aromatic heterocycles. The normalized spacial score (nSPS) is 11.0. The molecule has 0 saturated heterocycles. The Morgan fingerprint density at radius 3 is 1.00 bits per heavy atom. The Morgan fingerprint density at radius 2 is 0.750 bits per heavy atom. The van der Waals surface area contributed by atoms with Crippen molar-refractivity contribution >= 4 is 5.97 Å². The lowest BCUT2D eigenvalue weighted by Crippen LogP contribution is -2.15. The molecule has 0 aliphatic carbocycles. The molecule has 1 N–H and O–H groups in total. The number of hydrogen-bond acceptors (Lipinski definition) is 10. The van der Waals surface area contributed by atoms with E-state index in [0.29, 0.717) is 106 Å². The summed E-state index contributed by atoms with van der Waals surface area (Å²) in [4.78, 5) is 10.3. The van der Waals surface area contributed by atoms with Crippen LogP contribution in [0.15, 0.2) is 12.8 Å². The Hall–Kier alpha value is -1.31. The zero-order chi connectivity index (χ0) is 23.4. The predicted octanol–water partition coefficient (Wildman–Crippen LogP) is 0.754. The molecule has 32 heavy (non-hydrogen) atoms. The van der Waals surface area contributed by atoms with Gasteiger partial charge >= 0.3 is 5.97 Å². The molecular weight excluding hydrogens is 428 g/mol. The Balaban J connectivity index is 3.01. The second-order valence-corrected chi connectivity index (χ2v) is 6.08. The van der Waals surface area contributed by atoms with Crippen LogP contribution >= 0.6 is 0 Å². The lowest BCUT2D eigenvalue weighted by Gasteiger charge is -2.08. The largest absolute Gasteiger partial charge is 0.499 e. The minimum Gasteiger partial charge on any atom is -0.499 e. The Morgan fingerprint density at radius 1 is 0.500 bits per heavy atom. The molecule has 0 aliphatic rings. The molecule has 0 saturated carbocycles. The summed E-state index contributed by atoms with van der Waals surface area (Å²) in [7, 11) is 0. The van der Waals surface area contributed by atoms with Crippen molar-refractivity contribution in [1.29, 1.82) is 0 Å². The third-order valence-electron chi connectivity index (χ3n) is 3.53. The quantitative estimate of drug-likeness (QED) is 0.129. The molecule has 0 heterocycles. The van der Waals surface area contributed by atoms with E-state index in [0.717, 1.165) is 0 Å². The fourth-order valence-electron chi connectivity index (χ4n) is 1.99. The van der Waals surface area contributed by atoms with Crippen LogP contribution in [0.1, 0.15) is 6.42 Å². The van der Waals surface area contributed by atoms with Gasteiger partial charge in [0, 0.05) is 0 Å². The van der Waals surface area contributed by atoms with E-state index >= 15 is 0 Å². The van der Waals surface area contributed by atoms with E-state index < -0.39 is 5.97 Å². The smallest absolute Gasteiger partial charge is 0.305 e. The highest BCUT2D eigenvalue weighted by Gasteiger charge is 1.97. The van der Waals surface area contributed by atoms with Crippen molar-refractivity contribution in [2.24, 2.45) is 0 Å². The minimum atomic E-state index is -0.871. The minimum absolute atomic E-state index is 0.00263. The molecule has 0 amide bonds. The first-order valence-corrected chi connectivity index (χ1v) is 10.8. The molecular formula is C21H40O11. The van der Waals surface area contributed by atoms with Crippen LogP contribution in [0.25, 0.3) is 0 Å². The summed E-state index contributed by atoms with van der Waals surface area (Å²) in [6, 6.07) is 0. The summed E-state index contributed by atoms with van der Waals surface area (Å²) in [6.45, 7) is 11.4. The molecule has 190 valence electrons. The van der Waals surface area contributed by atoms with Crippen LogP contribution < -0.4 is 0 Å². The number of carboxylic acids is 1. The Kier molecular flexibility index (Phi) is 26.6. The van der Waals surface area contributed by atoms with Crippen molar-refractivity contribution in [3.63, 3.8) is 0 Å². The molecule has 0 fully saturated rings. The van der Waals surface area contributed by atoms with Crippen molar-refractivity contribution < 1.29 is 52.5 Å². The van der Waals surface area contributed by atoms with Crippen LogP contribution in [0, 0.1) is 0 Å². The van der Waals surface area contributed by atoms with Gasteiger partial charge in [-0.15, -0.1) is 0 Å². The maximum atomic E-state index is 10.3. The molecule has 0 aromatic carbocycles. The van der Waals surface area contributed by atoms with E-state index in [-0.39, 0.29) is 13.0 Å². The average molecular weight is 469 g/mol. The van der Waals surface area contributed by atoms with Crippen LogP contribution in [0.4, 0.5) is 0 Å². The fourth-order valence-corrected chi connectivity index (χ4v) is 1.99. The highest BCUT2D eigenvalue weighted by Crippen LogP contribution is 1.87. The molecule has 0 spiro atoms. The number of ether oxygens (including phenoxy) is 9. The van der Waals surface area contributed by atoms with Gasteiger partial charge in [0.1, 0.15) is 6.61 Å². The van der Waals surface area contributed by atoms with Crippen LogP contribution in [-0.4, -0.2) is 123 Å².